The van der Waals surface area contributed by atoms with Gasteiger partial charge in [-0.25, -0.2) is 4.98 Å². The number of terminal acetylenes is 1. The summed E-state index contributed by atoms with van der Waals surface area (Å²) >= 11 is 0. The average molecular weight is 353 g/mol. The van der Waals surface area contributed by atoms with Crippen molar-refractivity contribution in [1.82, 2.24) is 9.88 Å². The number of nitrogens with zero attached hydrogens (tertiary/aromatic N) is 3. The summed E-state index contributed by atoms with van der Waals surface area (Å²) in [6.07, 6.45) is 13.6. The van der Waals surface area contributed by atoms with Gasteiger partial charge in [0.05, 0.1) is 17.1 Å². The molecule has 5 heteroatoms. The summed E-state index contributed by atoms with van der Waals surface area (Å²) in [5.74, 6) is 3.87. The summed E-state index contributed by atoms with van der Waals surface area (Å²) < 4.78 is 0. The van der Waals surface area contributed by atoms with Crippen molar-refractivity contribution in [3.8, 4) is 12.3 Å². The molecule has 0 bridgehead atoms. The first-order valence-corrected chi connectivity index (χ1v) is 9.79. The number of hydrogen-bond acceptors (Lipinski definition) is 4. The minimum Gasteiger partial charge on any atom is -0.393 e. The largest absolute Gasteiger partial charge is 0.393 e. The SMILES string of the molecule is C#Cc1cccnc1N1CCC[C@]2(CCN([C@H]3CC[C@H](O)CC3)C2=O)C1. The summed E-state index contributed by atoms with van der Waals surface area (Å²) in [4.78, 5) is 22.2. The minimum absolute atomic E-state index is 0.186. The molecule has 138 valence electrons. The fourth-order valence-electron chi connectivity index (χ4n) is 5.02. The lowest BCUT2D eigenvalue weighted by Crippen LogP contribution is -2.50. The first-order valence-electron chi connectivity index (χ1n) is 9.79. The molecule has 26 heavy (non-hydrogen) atoms. The fourth-order valence-corrected chi connectivity index (χ4v) is 5.02. The molecule has 0 aromatic carbocycles. The molecular weight excluding hydrogens is 326 g/mol. The van der Waals surface area contributed by atoms with E-state index in [2.05, 4.69) is 20.7 Å². The summed E-state index contributed by atoms with van der Waals surface area (Å²) in [6, 6.07) is 4.08. The maximum Gasteiger partial charge on any atom is 0.230 e. The number of aliphatic hydroxyl groups excluding tert-OH is 1. The number of pyridine rings is 1. The number of aromatic nitrogens is 1. The summed E-state index contributed by atoms with van der Waals surface area (Å²) in [6.45, 7) is 2.46. The van der Waals surface area contributed by atoms with Crippen LogP contribution in [0.3, 0.4) is 0 Å². The van der Waals surface area contributed by atoms with Crippen molar-refractivity contribution < 1.29 is 9.90 Å². The topological polar surface area (TPSA) is 56.7 Å². The quantitative estimate of drug-likeness (QED) is 0.828. The van der Waals surface area contributed by atoms with E-state index in [0.29, 0.717) is 18.5 Å². The Kier molecular flexibility index (Phi) is 4.62. The van der Waals surface area contributed by atoms with Crippen LogP contribution in [0.1, 0.15) is 50.5 Å². The number of anilines is 1. The molecule has 1 atom stereocenters. The highest BCUT2D eigenvalue weighted by molar-refractivity contribution is 5.86. The van der Waals surface area contributed by atoms with Crippen LogP contribution in [0.5, 0.6) is 0 Å². The molecule has 1 aromatic rings. The third kappa shape index (κ3) is 2.97. The third-order valence-electron chi connectivity index (χ3n) is 6.47. The fraction of sp³-hybridized carbons (Fsp3) is 0.619. The van der Waals surface area contributed by atoms with E-state index >= 15 is 0 Å². The van der Waals surface area contributed by atoms with Crippen LogP contribution in [-0.4, -0.2) is 52.7 Å². The third-order valence-corrected chi connectivity index (χ3v) is 6.47. The van der Waals surface area contributed by atoms with Crippen molar-refractivity contribution in [3.63, 3.8) is 0 Å². The Morgan fingerprint density at radius 3 is 2.81 bits per heavy atom. The molecule has 0 unspecified atom stereocenters. The second kappa shape index (κ2) is 6.92. The summed E-state index contributed by atoms with van der Waals surface area (Å²) in [7, 11) is 0. The Bertz CT molecular complexity index is 720. The van der Waals surface area contributed by atoms with Crippen molar-refractivity contribution >= 4 is 11.7 Å². The number of aliphatic hydroxyl groups is 1. The summed E-state index contributed by atoms with van der Waals surface area (Å²) in [5, 5.41) is 9.75. The molecule has 3 heterocycles. The molecule has 3 fully saturated rings. The van der Waals surface area contributed by atoms with Crippen LogP contribution in [0.25, 0.3) is 0 Å². The van der Waals surface area contributed by atoms with E-state index in [0.717, 1.165) is 69.4 Å². The average Bonchev–Trinajstić information content (AvgIpc) is 2.98. The summed E-state index contributed by atoms with van der Waals surface area (Å²) in [5.41, 5.74) is 0.505. The van der Waals surface area contributed by atoms with Gasteiger partial charge < -0.3 is 14.9 Å². The molecule has 1 aromatic heterocycles. The lowest BCUT2D eigenvalue weighted by molar-refractivity contribution is -0.139. The Morgan fingerprint density at radius 2 is 2.04 bits per heavy atom. The Morgan fingerprint density at radius 1 is 1.23 bits per heavy atom. The van der Waals surface area contributed by atoms with Gasteiger partial charge in [-0.3, -0.25) is 4.79 Å². The van der Waals surface area contributed by atoms with Gasteiger partial charge in [-0.15, -0.1) is 6.42 Å². The van der Waals surface area contributed by atoms with Gasteiger partial charge >= 0.3 is 0 Å². The van der Waals surface area contributed by atoms with Gasteiger partial charge in [0.25, 0.3) is 0 Å². The van der Waals surface area contributed by atoms with Gasteiger partial charge in [-0.2, -0.15) is 0 Å². The van der Waals surface area contributed by atoms with Crippen LogP contribution in [0.4, 0.5) is 5.82 Å². The molecule has 1 amide bonds. The Balaban J connectivity index is 1.52. The van der Waals surface area contributed by atoms with Crippen molar-refractivity contribution in [2.75, 3.05) is 24.5 Å². The van der Waals surface area contributed by atoms with Gasteiger partial charge in [-0.05, 0) is 57.1 Å². The van der Waals surface area contributed by atoms with Crippen molar-refractivity contribution in [3.05, 3.63) is 23.9 Å². The van der Waals surface area contributed by atoms with Gasteiger partial charge in [0.15, 0.2) is 0 Å². The normalized spacial score (nSPS) is 32.1. The zero-order valence-electron chi connectivity index (χ0n) is 15.2. The molecule has 4 rings (SSSR count). The van der Waals surface area contributed by atoms with E-state index in [9.17, 15) is 9.90 Å². The highest BCUT2D eigenvalue weighted by atomic mass is 16.3. The zero-order valence-corrected chi connectivity index (χ0v) is 15.2. The predicted molar refractivity (Wildman–Crippen MR) is 101 cm³/mol. The number of hydrogen-bond donors (Lipinski definition) is 1. The maximum absolute atomic E-state index is 13.4. The van der Waals surface area contributed by atoms with Gasteiger partial charge in [-0.1, -0.05) is 5.92 Å². The smallest absolute Gasteiger partial charge is 0.230 e. The number of rotatable bonds is 2. The van der Waals surface area contributed by atoms with E-state index in [1.165, 1.54) is 0 Å². The molecular formula is C21H27N3O2. The van der Waals surface area contributed by atoms with Crippen LogP contribution < -0.4 is 4.90 Å². The van der Waals surface area contributed by atoms with E-state index in [-0.39, 0.29) is 11.5 Å². The molecule has 0 radical (unpaired) electrons. The zero-order chi connectivity index (χ0) is 18.1. The number of amides is 1. The van der Waals surface area contributed by atoms with Crippen LogP contribution >= 0.6 is 0 Å². The first kappa shape index (κ1) is 17.4. The van der Waals surface area contributed by atoms with Crippen molar-refractivity contribution in [1.29, 1.82) is 0 Å². The molecule has 1 spiro atoms. The lowest BCUT2D eigenvalue weighted by Gasteiger charge is -2.41. The van der Waals surface area contributed by atoms with E-state index in [4.69, 9.17) is 6.42 Å². The van der Waals surface area contributed by atoms with E-state index in [1.54, 1.807) is 6.20 Å². The van der Waals surface area contributed by atoms with Gasteiger partial charge in [0.2, 0.25) is 5.91 Å². The van der Waals surface area contributed by atoms with Crippen LogP contribution in [-0.2, 0) is 4.79 Å². The Hall–Kier alpha value is -2.06. The monoisotopic (exact) mass is 353 g/mol. The van der Waals surface area contributed by atoms with E-state index in [1.807, 2.05) is 12.1 Å². The molecule has 3 aliphatic rings. The number of carbonyl (C=O) groups excluding carboxylic acids is 1. The molecule has 2 saturated heterocycles. The standard InChI is InChI=1S/C21H27N3O2/c1-2-16-5-3-12-22-19(16)23-13-4-10-21(15-23)11-14-24(20(21)26)17-6-8-18(25)9-7-17/h1,3,5,12,17-18,25H,4,6-11,13-15H2/t17-,18-,21-/m0/s1. The number of piperidine rings is 1. The lowest BCUT2D eigenvalue weighted by atomic mass is 9.78. The van der Waals surface area contributed by atoms with Crippen LogP contribution in [0.15, 0.2) is 18.3 Å². The molecule has 1 saturated carbocycles. The molecule has 1 N–H and O–H groups in total. The second-order valence-corrected chi connectivity index (χ2v) is 8.04. The molecule has 5 nitrogen and oxygen atoms in total. The number of likely N-dealkylation sites (tertiary alicyclic amines) is 1. The highest BCUT2D eigenvalue weighted by Gasteiger charge is 2.50. The second-order valence-electron chi connectivity index (χ2n) is 8.04. The van der Waals surface area contributed by atoms with Crippen LogP contribution in [0.2, 0.25) is 0 Å². The van der Waals surface area contributed by atoms with E-state index < -0.39 is 0 Å². The predicted octanol–water partition coefficient (Wildman–Crippen LogP) is 2.19. The molecule has 2 aliphatic heterocycles. The van der Waals surface area contributed by atoms with Crippen LogP contribution in [0, 0.1) is 17.8 Å². The Labute approximate surface area is 155 Å². The van der Waals surface area contributed by atoms with Crippen molar-refractivity contribution in [2.45, 2.75) is 57.1 Å². The number of carbonyl (C=O) groups is 1. The minimum atomic E-state index is -0.294. The van der Waals surface area contributed by atoms with Gasteiger partial charge in [0, 0.05) is 31.9 Å². The highest BCUT2D eigenvalue weighted by Crippen LogP contribution is 2.43. The van der Waals surface area contributed by atoms with Gasteiger partial charge in [0.1, 0.15) is 5.82 Å². The molecule has 1 aliphatic carbocycles. The first-order chi connectivity index (χ1) is 12.6. The maximum atomic E-state index is 13.4. The van der Waals surface area contributed by atoms with Crippen molar-refractivity contribution in [2.24, 2.45) is 5.41 Å².